The number of carbonyl (C=O) groups is 2. The highest BCUT2D eigenvalue weighted by Gasteiger charge is 2.49. The molecule has 30 heavy (non-hydrogen) atoms. The van der Waals surface area contributed by atoms with Crippen LogP contribution in [0.5, 0.6) is 0 Å². The van der Waals surface area contributed by atoms with E-state index in [0.717, 1.165) is 5.57 Å². The summed E-state index contributed by atoms with van der Waals surface area (Å²) < 4.78 is 5.78. The molecule has 0 amide bonds. The molecule has 9 atom stereocenters. The molecule has 0 saturated carbocycles. The summed E-state index contributed by atoms with van der Waals surface area (Å²) in [5, 5.41) is 41.0. The number of allylic oxidation sites excluding steroid dienone is 2. The van der Waals surface area contributed by atoms with Crippen molar-refractivity contribution in [3.05, 3.63) is 23.8 Å². The Hall–Kier alpha value is -1.70. The molecule has 170 valence electrons. The minimum absolute atomic E-state index is 0.0356. The SMILES string of the molecule is CCC(O)CC(O)C(C(=O)O)C1C(C)C=CC2=C[C@@H](O)C[C@H](OC(=O)C(C)CC)[C@@H]21. The van der Waals surface area contributed by atoms with E-state index < -0.39 is 48.1 Å². The Labute approximate surface area is 178 Å². The number of hydrogen-bond acceptors (Lipinski definition) is 6. The normalized spacial score (nSPS) is 32.4. The van der Waals surface area contributed by atoms with Gasteiger partial charge in [-0.3, -0.25) is 9.59 Å². The van der Waals surface area contributed by atoms with E-state index >= 15 is 0 Å². The molecule has 0 aliphatic heterocycles. The first kappa shape index (κ1) is 24.6. The average molecular weight is 425 g/mol. The minimum Gasteiger partial charge on any atom is -0.481 e. The van der Waals surface area contributed by atoms with Gasteiger partial charge in [-0.2, -0.15) is 0 Å². The van der Waals surface area contributed by atoms with E-state index in [2.05, 4.69) is 0 Å². The molecule has 4 N–H and O–H groups in total. The molecular weight excluding hydrogens is 388 g/mol. The quantitative estimate of drug-likeness (QED) is 0.419. The number of esters is 1. The van der Waals surface area contributed by atoms with Crippen LogP contribution in [0.1, 0.15) is 53.4 Å². The van der Waals surface area contributed by atoms with Gasteiger partial charge in [-0.25, -0.2) is 0 Å². The van der Waals surface area contributed by atoms with Crippen LogP contribution >= 0.6 is 0 Å². The Morgan fingerprint density at radius 2 is 1.90 bits per heavy atom. The van der Waals surface area contributed by atoms with Crippen molar-refractivity contribution in [1.82, 2.24) is 0 Å². The molecule has 6 unspecified atom stereocenters. The van der Waals surface area contributed by atoms with Crippen LogP contribution in [-0.4, -0.2) is 56.8 Å². The maximum absolute atomic E-state index is 12.5. The smallest absolute Gasteiger partial charge is 0.309 e. The van der Waals surface area contributed by atoms with Crippen LogP contribution in [0.25, 0.3) is 0 Å². The standard InChI is InChI=1S/C23H36O7/c1-5-12(3)23(29)30-18-11-16(25)9-14-8-7-13(4)19(20(14)18)21(22(27)28)17(26)10-15(24)6-2/h7-9,12-13,15-21,24-26H,5-6,10-11H2,1-4H3,(H,27,28)/t12?,13?,15?,16-,17?,18+,19?,20-,21?/m1/s1. The van der Waals surface area contributed by atoms with Crippen LogP contribution in [0.15, 0.2) is 23.8 Å². The summed E-state index contributed by atoms with van der Waals surface area (Å²) in [5.41, 5.74) is 0.730. The summed E-state index contributed by atoms with van der Waals surface area (Å²) in [7, 11) is 0. The molecule has 2 aliphatic carbocycles. The van der Waals surface area contributed by atoms with Gasteiger partial charge in [-0.1, -0.05) is 45.9 Å². The van der Waals surface area contributed by atoms with Gasteiger partial charge >= 0.3 is 11.9 Å². The van der Waals surface area contributed by atoms with Gasteiger partial charge in [0.1, 0.15) is 6.10 Å². The van der Waals surface area contributed by atoms with Crippen molar-refractivity contribution in [3.8, 4) is 0 Å². The molecule has 0 fully saturated rings. The first-order valence-corrected chi connectivity index (χ1v) is 11.0. The zero-order valence-electron chi connectivity index (χ0n) is 18.3. The van der Waals surface area contributed by atoms with E-state index in [1.807, 2.05) is 26.0 Å². The van der Waals surface area contributed by atoms with E-state index in [0.29, 0.717) is 12.8 Å². The van der Waals surface area contributed by atoms with Gasteiger partial charge in [0.25, 0.3) is 0 Å². The van der Waals surface area contributed by atoms with E-state index in [1.54, 1.807) is 19.9 Å². The lowest BCUT2D eigenvalue weighted by atomic mass is 9.62. The van der Waals surface area contributed by atoms with Gasteiger partial charge in [0.05, 0.1) is 30.1 Å². The molecule has 2 rings (SSSR count). The summed E-state index contributed by atoms with van der Waals surface area (Å²) in [6, 6.07) is 0. The third-order valence-electron chi connectivity index (χ3n) is 6.64. The highest BCUT2D eigenvalue weighted by atomic mass is 16.5. The number of carboxylic acids is 1. The van der Waals surface area contributed by atoms with Crippen molar-refractivity contribution in [3.63, 3.8) is 0 Å². The fourth-order valence-corrected chi connectivity index (χ4v) is 4.64. The monoisotopic (exact) mass is 424 g/mol. The number of aliphatic hydroxyl groups is 3. The van der Waals surface area contributed by atoms with Crippen molar-refractivity contribution < 1.29 is 34.8 Å². The molecule has 0 aromatic heterocycles. The first-order chi connectivity index (χ1) is 14.1. The minimum atomic E-state index is -1.24. The van der Waals surface area contributed by atoms with Crippen LogP contribution in [0.3, 0.4) is 0 Å². The number of hydrogen-bond donors (Lipinski definition) is 4. The largest absolute Gasteiger partial charge is 0.481 e. The van der Waals surface area contributed by atoms with Crippen molar-refractivity contribution in [1.29, 1.82) is 0 Å². The van der Waals surface area contributed by atoms with E-state index in [-0.39, 0.29) is 30.6 Å². The van der Waals surface area contributed by atoms with Gasteiger partial charge in [-0.15, -0.1) is 0 Å². The molecule has 0 saturated heterocycles. The lowest BCUT2D eigenvalue weighted by Gasteiger charge is -2.45. The van der Waals surface area contributed by atoms with Gasteiger partial charge in [0, 0.05) is 18.8 Å². The summed E-state index contributed by atoms with van der Waals surface area (Å²) in [4.78, 5) is 24.7. The second kappa shape index (κ2) is 10.6. The number of rotatable bonds is 9. The Bertz CT molecular complexity index is 670. The molecule has 0 aromatic carbocycles. The second-order valence-corrected chi connectivity index (χ2v) is 8.80. The van der Waals surface area contributed by atoms with Gasteiger partial charge in [-0.05, 0) is 30.3 Å². The topological polar surface area (TPSA) is 124 Å². The molecular formula is C23H36O7. The van der Waals surface area contributed by atoms with Crippen molar-refractivity contribution in [2.45, 2.75) is 77.8 Å². The summed E-state index contributed by atoms with van der Waals surface area (Å²) in [5.74, 6) is -4.13. The number of fused-ring (bicyclic) bond motifs is 1. The van der Waals surface area contributed by atoms with Crippen LogP contribution in [-0.2, 0) is 14.3 Å². The maximum atomic E-state index is 12.5. The number of carbonyl (C=O) groups excluding carboxylic acids is 1. The van der Waals surface area contributed by atoms with Crippen molar-refractivity contribution in [2.75, 3.05) is 0 Å². The molecule has 0 radical (unpaired) electrons. The first-order valence-electron chi connectivity index (χ1n) is 11.0. The Morgan fingerprint density at radius 1 is 1.23 bits per heavy atom. The van der Waals surface area contributed by atoms with Crippen molar-refractivity contribution >= 4 is 11.9 Å². The summed E-state index contributed by atoms with van der Waals surface area (Å²) in [6.45, 7) is 7.31. The Kier molecular flexibility index (Phi) is 8.64. The van der Waals surface area contributed by atoms with Gasteiger partial charge < -0.3 is 25.2 Å². The Balaban J connectivity index is 2.42. The highest BCUT2D eigenvalue weighted by Crippen LogP contribution is 2.46. The van der Waals surface area contributed by atoms with Crippen LogP contribution in [0.2, 0.25) is 0 Å². The molecule has 0 heterocycles. The van der Waals surface area contributed by atoms with Crippen molar-refractivity contribution in [2.24, 2.45) is 29.6 Å². The van der Waals surface area contributed by atoms with Crippen LogP contribution < -0.4 is 0 Å². The lowest BCUT2D eigenvalue weighted by molar-refractivity contribution is -0.163. The summed E-state index contributed by atoms with van der Waals surface area (Å²) in [6.07, 6.45) is 3.09. The van der Waals surface area contributed by atoms with E-state index in [1.165, 1.54) is 0 Å². The maximum Gasteiger partial charge on any atom is 0.309 e. The fraction of sp³-hybridized carbons (Fsp3) is 0.739. The summed E-state index contributed by atoms with van der Waals surface area (Å²) >= 11 is 0. The van der Waals surface area contributed by atoms with E-state index in [9.17, 15) is 30.0 Å². The fourth-order valence-electron chi connectivity index (χ4n) is 4.64. The van der Waals surface area contributed by atoms with Gasteiger partial charge in [0.2, 0.25) is 0 Å². The van der Waals surface area contributed by atoms with Gasteiger partial charge in [0.15, 0.2) is 0 Å². The third-order valence-corrected chi connectivity index (χ3v) is 6.64. The predicted molar refractivity (Wildman–Crippen MR) is 111 cm³/mol. The zero-order chi connectivity index (χ0) is 22.6. The average Bonchev–Trinajstić information content (AvgIpc) is 2.68. The number of aliphatic hydroxyl groups excluding tert-OH is 3. The number of carboxylic acid groups (broad SMARTS) is 1. The van der Waals surface area contributed by atoms with E-state index in [4.69, 9.17) is 4.74 Å². The highest BCUT2D eigenvalue weighted by molar-refractivity contribution is 5.73. The number of aliphatic carboxylic acids is 1. The predicted octanol–water partition coefficient (Wildman–Crippen LogP) is 2.30. The lowest BCUT2D eigenvalue weighted by Crippen LogP contribution is -2.50. The number of ether oxygens (including phenoxy) is 1. The third kappa shape index (κ3) is 5.50. The molecule has 0 spiro atoms. The Morgan fingerprint density at radius 3 is 2.47 bits per heavy atom. The van der Waals surface area contributed by atoms with Crippen LogP contribution in [0, 0.1) is 29.6 Å². The molecule has 0 aromatic rings. The molecule has 0 bridgehead atoms. The zero-order valence-corrected chi connectivity index (χ0v) is 18.3. The molecule has 2 aliphatic rings. The molecule has 7 heteroatoms. The molecule has 7 nitrogen and oxygen atoms in total. The second-order valence-electron chi connectivity index (χ2n) is 8.80. The van der Waals surface area contributed by atoms with Crippen LogP contribution in [0.4, 0.5) is 0 Å².